The maximum atomic E-state index is 13.0. The summed E-state index contributed by atoms with van der Waals surface area (Å²) >= 11 is 6.10. The minimum atomic E-state index is -0.716. The molecule has 36 heavy (non-hydrogen) atoms. The normalized spacial score (nSPS) is 22.5. The van der Waals surface area contributed by atoms with Gasteiger partial charge in [-0.3, -0.25) is 15.1 Å². The smallest absolute Gasteiger partial charge is 0.413 e. The van der Waals surface area contributed by atoms with Crippen molar-refractivity contribution in [3.63, 3.8) is 0 Å². The number of pyridine rings is 2. The molecule has 0 aromatic carbocycles. The largest absolute Gasteiger partial charge is 0.441 e. The van der Waals surface area contributed by atoms with Crippen molar-refractivity contribution in [2.24, 2.45) is 17.9 Å². The number of carbonyl (C=O) groups is 2. The fourth-order valence-corrected chi connectivity index (χ4v) is 5.72. The van der Waals surface area contributed by atoms with E-state index in [1.807, 2.05) is 0 Å². The summed E-state index contributed by atoms with van der Waals surface area (Å²) in [6.07, 6.45) is 3.06. The van der Waals surface area contributed by atoms with Gasteiger partial charge in [-0.05, 0) is 56.7 Å². The lowest BCUT2D eigenvalue weighted by molar-refractivity contribution is -0.159. The molecule has 3 fully saturated rings. The van der Waals surface area contributed by atoms with Crippen molar-refractivity contribution in [1.29, 1.82) is 5.26 Å². The molecule has 3 aliphatic carbocycles. The van der Waals surface area contributed by atoms with Crippen LogP contribution >= 0.6 is 11.6 Å². The number of anilines is 1. The number of carbonyl (C=O) groups excluding carboxylic acids is 2. The number of nitrogens with one attached hydrogen (secondary N) is 1. The Kier molecular flexibility index (Phi) is 5.75. The number of hydrogen-bond donors (Lipinski definition) is 1. The fraction of sp³-hybridized carbons (Fsp3) is 0.400. The average Bonchev–Trinajstić information content (AvgIpc) is 3.15. The molecule has 6 rings (SSSR count). The second-order valence-corrected chi connectivity index (χ2v) is 10.2. The van der Waals surface area contributed by atoms with Gasteiger partial charge in [0.15, 0.2) is 17.3 Å². The molecule has 0 aliphatic heterocycles. The number of ketones is 1. The van der Waals surface area contributed by atoms with Gasteiger partial charge in [0.05, 0.1) is 17.2 Å². The van der Waals surface area contributed by atoms with E-state index in [1.165, 1.54) is 4.68 Å². The molecule has 1 N–H and O–H groups in total. The Bertz CT molecular complexity index is 1410. The molecule has 3 aromatic rings. The first-order valence-electron chi connectivity index (χ1n) is 11.5. The number of amides is 1. The van der Waals surface area contributed by atoms with Crippen LogP contribution in [0.5, 0.6) is 0 Å². The van der Waals surface area contributed by atoms with Gasteiger partial charge in [-0.1, -0.05) is 22.9 Å². The van der Waals surface area contributed by atoms with Crippen LogP contribution in [0.3, 0.4) is 0 Å². The number of aryl methyl sites for hydroxylation is 2. The summed E-state index contributed by atoms with van der Waals surface area (Å²) in [6.45, 7) is 3.46. The third kappa shape index (κ3) is 4.09. The van der Waals surface area contributed by atoms with Crippen molar-refractivity contribution < 1.29 is 14.3 Å². The van der Waals surface area contributed by atoms with Gasteiger partial charge in [-0.25, -0.2) is 14.5 Å². The molecular formula is C25H24ClN7O3. The van der Waals surface area contributed by atoms with Gasteiger partial charge in [0.2, 0.25) is 0 Å². The predicted octanol–water partition coefficient (Wildman–Crippen LogP) is 4.81. The first-order valence-corrected chi connectivity index (χ1v) is 11.9. The van der Waals surface area contributed by atoms with Crippen molar-refractivity contribution in [3.8, 4) is 17.5 Å². The number of nitrogens with zero attached hydrogens (tertiary/aromatic N) is 6. The maximum absolute atomic E-state index is 13.0. The first-order chi connectivity index (χ1) is 17.1. The third-order valence-corrected chi connectivity index (χ3v) is 7.41. The molecule has 184 valence electrons. The van der Waals surface area contributed by atoms with Gasteiger partial charge in [0.1, 0.15) is 11.3 Å². The van der Waals surface area contributed by atoms with Crippen LogP contribution in [-0.2, 0) is 11.8 Å². The molecule has 0 saturated heterocycles. The van der Waals surface area contributed by atoms with Crippen LogP contribution in [0, 0.1) is 29.1 Å². The van der Waals surface area contributed by atoms with Crippen molar-refractivity contribution in [1.82, 2.24) is 25.0 Å². The zero-order valence-corrected chi connectivity index (χ0v) is 20.8. The van der Waals surface area contributed by atoms with Gasteiger partial charge in [-0.2, -0.15) is 5.26 Å². The Morgan fingerprint density at radius 3 is 2.72 bits per heavy atom. The highest BCUT2D eigenvalue weighted by Gasteiger charge is 2.68. The van der Waals surface area contributed by atoms with Crippen molar-refractivity contribution in [2.45, 2.75) is 45.6 Å². The molecule has 0 spiro atoms. The van der Waals surface area contributed by atoms with Gasteiger partial charge < -0.3 is 4.74 Å². The minimum absolute atomic E-state index is 0.0164. The molecule has 3 saturated carbocycles. The highest BCUT2D eigenvalue weighted by molar-refractivity contribution is 6.30. The lowest BCUT2D eigenvalue weighted by atomic mass is 9.34. The van der Waals surface area contributed by atoms with E-state index < -0.39 is 12.2 Å². The standard InChI is InChI=1S/C25H24ClN7O3/c1-14-16(19(34)9-24-10-25(11-24,12-24)13-27)6-7-18(29-14)20-22(33(3)32-31-20)30-23(35)36-15(2)17-5-4-8-28-21(17)26/h4-8,15H,9-12H2,1-3H3,(H,30,35)/t15-,24?,25?/m1/s1. The third-order valence-electron chi connectivity index (χ3n) is 7.10. The van der Waals surface area contributed by atoms with Crippen molar-refractivity contribution in [3.05, 3.63) is 52.4 Å². The van der Waals surface area contributed by atoms with E-state index in [-0.39, 0.29) is 21.8 Å². The van der Waals surface area contributed by atoms with Gasteiger partial charge in [-0.15, -0.1) is 5.10 Å². The number of rotatable bonds is 7. The zero-order valence-electron chi connectivity index (χ0n) is 20.1. The maximum Gasteiger partial charge on any atom is 0.413 e. The SMILES string of the molecule is Cc1nc(-c2nnn(C)c2NC(=O)O[C@H](C)c2cccnc2Cl)ccc1C(=O)CC12CC(C#N)(C1)C2. The van der Waals surface area contributed by atoms with E-state index in [2.05, 4.69) is 31.7 Å². The molecule has 10 nitrogen and oxygen atoms in total. The van der Waals surface area contributed by atoms with E-state index in [0.29, 0.717) is 40.4 Å². The number of Topliss-reactive ketones (excluding diaryl/α,β-unsaturated/α-hetero) is 1. The van der Waals surface area contributed by atoms with Crippen LogP contribution in [0.4, 0.5) is 10.6 Å². The summed E-state index contributed by atoms with van der Waals surface area (Å²) in [5, 5.41) is 20.3. The van der Waals surface area contributed by atoms with Gasteiger partial charge in [0, 0.05) is 36.5 Å². The molecule has 11 heteroatoms. The lowest BCUT2D eigenvalue weighted by Crippen LogP contribution is -2.61. The van der Waals surface area contributed by atoms with E-state index in [0.717, 1.165) is 19.3 Å². The minimum Gasteiger partial charge on any atom is -0.441 e. The molecule has 3 heterocycles. The van der Waals surface area contributed by atoms with Crippen LogP contribution in [0.25, 0.3) is 11.4 Å². The Morgan fingerprint density at radius 1 is 1.31 bits per heavy atom. The number of aromatic nitrogens is 5. The van der Waals surface area contributed by atoms with Gasteiger partial charge in [0.25, 0.3) is 0 Å². The van der Waals surface area contributed by atoms with Crippen LogP contribution < -0.4 is 5.32 Å². The second kappa shape index (κ2) is 8.68. The molecule has 3 aromatic heterocycles. The molecular weight excluding hydrogens is 482 g/mol. The Morgan fingerprint density at radius 2 is 2.06 bits per heavy atom. The number of halogens is 1. The number of nitriles is 1. The summed E-state index contributed by atoms with van der Waals surface area (Å²) < 4.78 is 6.87. The first kappa shape index (κ1) is 23.9. The molecule has 1 atom stereocenters. The van der Waals surface area contributed by atoms with Crippen molar-refractivity contribution >= 4 is 29.3 Å². The number of hydrogen-bond acceptors (Lipinski definition) is 8. The summed E-state index contributed by atoms with van der Waals surface area (Å²) in [5.74, 6) is 0.327. The van der Waals surface area contributed by atoms with E-state index in [9.17, 15) is 14.9 Å². The van der Waals surface area contributed by atoms with Crippen LogP contribution in [0.2, 0.25) is 5.15 Å². The average molecular weight is 506 g/mol. The Hall–Kier alpha value is -3.84. The zero-order chi connectivity index (χ0) is 25.7. The Balaban J connectivity index is 1.29. The predicted molar refractivity (Wildman–Crippen MR) is 130 cm³/mol. The van der Waals surface area contributed by atoms with E-state index in [1.54, 1.807) is 51.4 Å². The molecule has 1 amide bonds. The molecule has 2 bridgehead atoms. The monoisotopic (exact) mass is 505 g/mol. The van der Waals surface area contributed by atoms with E-state index in [4.69, 9.17) is 16.3 Å². The quantitative estimate of drug-likeness (QED) is 0.357. The fourth-order valence-electron chi connectivity index (χ4n) is 5.45. The highest BCUT2D eigenvalue weighted by Crippen LogP contribution is 2.74. The summed E-state index contributed by atoms with van der Waals surface area (Å²) in [5.41, 5.74) is 2.31. The van der Waals surface area contributed by atoms with Crippen LogP contribution in [0.15, 0.2) is 30.5 Å². The molecule has 3 aliphatic rings. The highest BCUT2D eigenvalue weighted by atomic mass is 35.5. The second-order valence-electron chi connectivity index (χ2n) is 9.82. The summed E-state index contributed by atoms with van der Waals surface area (Å²) in [4.78, 5) is 34.1. The van der Waals surface area contributed by atoms with Gasteiger partial charge >= 0.3 is 6.09 Å². The Labute approximate surface area is 212 Å². The molecule has 0 radical (unpaired) electrons. The van der Waals surface area contributed by atoms with Crippen LogP contribution in [-0.4, -0.2) is 36.8 Å². The molecule has 0 unspecified atom stereocenters. The van der Waals surface area contributed by atoms with Crippen molar-refractivity contribution in [2.75, 3.05) is 5.32 Å². The van der Waals surface area contributed by atoms with E-state index >= 15 is 0 Å². The lowest BCUT2D eigenvalue weighted by Gasteiger charge is -2.67. The van der Waals surface area contributed by atoms with Crippen LogP contribution in [0.1, 0.15) is 60.3 Å². The topological polar surface area (TPSA) is 136 Å². The number of ether oxygens (including phenoxy) is 1. The summed E-state index contributed by atoms with van der Waals surface area (Å²) in [7, 11) is 1.64. The summed E-state index contributed by atoms with van der Waals surface area (Å²) in [6, 6.07) is 9.24.